The van der Waals surface area contributed by atoms with E-state index in [0.717, 1.165) is 0 Å². The van der Waals surface area contributed by atoms with Crippen molar-refractivity contribution in [2.45, 2.75) is 0 Å². The van der Waals surface area contributed by atoms with Crippen molar-refractivity contribution in [1.82, 2.24) is 4.90 Å². The van der Waals surface area contributed by atoms with E-state index in [4.69, 9.17) is 4.74 Å². The van der Waals surface area contributed by atoms with Crippen LogP contribution in [0.4, 0.5) is 10.5 Å². The molecule has 2 N–H and O–H groups in total. The number of carbonyl (C=O) groups excluding carboxylic acids is 2. The second kappa shape index (κ2) is 6.47. The Hall–Kier alpha value is -2.25. The summed E-state index contributed by atoms with van der Waals surface area (Å²) in [5.41, 5.74) is 0.775. The fourth-order valence-corrected chi connectivity index (χ4v) is 2.80. The highest BCUT2D eigenvalue weighted by molar-refractivity contribution is 7.96. The Morgan fingerprint density at radius 3 is 2.57 bits per heavy atom. The number of hydrogen-bond acceptors (Lipinski definition) is 4. The standard InChI is InChI=1S/C16H16N2O4S/c19-14-11-2-1-3-13(17-16(21)23)10(11)4-5-12(14)15(20)18-6-8-22-9-7-18/h1-5,19H,6-9H2,(H2,17,21,23). The van der Waals surface area contributed by atoms with Gasteiger partial charge in [0.05, 0.1) is 18.8 Å². The zero-order valence-electron chi connectivity index (χ0n) is 12.3. The fourth-order valence-electron chi connectivity index (χ4n) is 2.68. The van der Waals surface area contributed by atoms with Crippen LogP contribution in [0.2, 0.25) is 0 Å². The molecule has 1 saturated heterocycles. The molecule has 1 aliphatic rings. The number of aromatic hydroxyl groups is 1. The minimum Gasteiger partial charge on any atom is -0.506 e. The molecule has 2 aromatic rings. The number of morpholine rings is 1. The van der Waals surface area contributed by atoms with Gasteiger partial charge in [-0.15, -0.1) is 0 Å². The molecular weight excluding hydrogens is 316 g/mol. The lowest BCUT2D eigenvalue weighted by Crippen LogP contribution is -2.40. The van der Waals surface area contributed by atoms with Gasteiger partial charge in [-0.2, -0.15) is 0 Å². The first-order chi connectivity index (χ1) is 11.1. The number of nitrogens with zero attached hydrogens (tertiary/aromatic N) is 1. The molecule has 0 unspecified atom stereocenters. The lowest BCUT2D eigenvalue weighted by atomic mass is 10.0. The Bertz CT molecular complexity index is 772. The summed E-state index contributed by atoms with van der Waals surface area (Å²) in [6.45, 7) is 2.01. The average molecular weight is 332 g/mol. The van der Waals surface area contributed by atoms with Crippen molar-refractivity contribution in [2.75, 3.05) is 31.6 Å². The Morgan fingerprint density at radius 1 is 1.13 bits per heavy atom. The maximum Gasteiger partial charge on any atom is 0.280 e. The number of ether oxygens (including phenoxy) is 1. The van der Waals surface area contributed by atoms with Crippen molar-refractivity contribution in [3.05, 3.63) is 35.9 Å². The third-order valence-electron chi connectivity index (χ3n) is 3.80. The molecule has 0 bridgehead atoms. The van der Waals surface area contributed by atoms with E-state index in [1.54, 1.807) is 35.2 Å². The number of nitrogens with one attached hydrogen (secondary N) is 1. The third kappa shape index (κ3) is 3.11. The molecule has 0 aliphatic carbocycles. The average Bonchev–Trinajstić information content (AvgIpc) is 2.55. The first kappa shape index (κ1) is 15.6. The van der Waals surface area contributed by atoms with E-state index in [1.807, 2.05) is 0 Å². The molecule has 2 aromatic carbocycles. The number of benzene rings is 2. The number of thiol groups is 1. The number of phenols is 1. The molecule has 0 saturated carbocycles. The Morgan fingerprint density at radius 2 is 1.87 bits per heavy atom. The van der Waals surface area contributed by atoms with Gasteiger partial charge in [0.25, 0.3) is 11.1 Å². The lowest BCUT2D eigenvalue weighted by Gasteiger charge is -2.27. The van der Waals surface area contributed by atoms with Gasteiger partial charge in [0.2, 0.25) is 0 Å². The Kier molecular flexibility index (Phi) is 4.40. The molecule has 1 aliphatic heterocycles. The molecule has 2 amide bonds. The van der Waals surface area contributed by atoms with Gasteiger partial charge in [-0.3, -0.25) is 9.59 Å². The second-order valence-electron chi connectivity index (χ2n) is 5.20. The van der Waals surface area contributed by atoms with E-state index in [9.17, 15) is 14.7 Å². The number of hydrogen-bond donors (Lipinski definition) is 3. The first-order valence-electron chi connectivity index (χ1n) is 7.19. The van der Waals surface area contributed by atoms with Crippen LogP contribution in [0.3, 0.4) is 0 Å². The molecule has 0 spiro atoms. The number of amides is 2. The van der Waals surface area contributed by atoms with Gasteiger partial charge in [-0.1, -0.05) is 30.8 Å². The highest BCUT2D eigenvalue weighted by Crippen LogP contribution is 2.33. The molecule has 0 aromatic heterocycles. The monoisotopic (exact) mass is 332 g/mol. The van der Waals surface area contributed by atoms with Gasteiger partial charge < -0.3 is 20.1 Å². The molecular formula is C16H16N2O4S. The zero-order valence-corrected chi connectivity index (χ0v) is 13.2. The predicted octanol–water partition coefficient (Wildman–Crippen LogP) is 2.48. The molecule has 6 nitrogen and oxygen atoms in total. The quantitative estimate of drug-likeness (QED) is 0.738. The van der Waals surface area contributed by atoms with E-state index in [-0.39, 0.29) is 17.2 Å². The van der Waals surface area contributed by atoms with Gasteiger partial charge in [0, 0.05) is 29.5 Å². The topological polar surface area (TPSA) is 78.9 Å². The molecule has 7 heteroatoms. The van der Waals surface area contributed by atoms with E-state index < -0.39 is 5.24 Å². The minimum absolute atomic E-state index is 0.0887. The van der Waals surface area contributed by atoms with Crippen molar-refractivity contribution < 1.29 is 19.4 Å². The number of rotatable bonds is 2. The Balaban J connectivity index is 2.01. The lowest BCUT2D eigenvalue weighted by molar-refractivity contribution is 0.0301. The summed E-state index contributed by atoms with van der Waals surface area (Å²) in [5.74, 6) is -0.314. The van der Waals surface area contributed by atoms with Crippen molar-refractivity contribution >= 4 is 40.2 Å². The van der Waals surface area contributed by atoms with Crippen LogP contribution in [-0.2, 0) is 4.74 Å². The third-order valence-corrected chi connectivity index (χ3v) is 3.92. The van der Waals surface area contributed by atoms with Gasteiger partial charge in [-0.25, -0.2) is 0 Å². The molecule has 120 valence electrons. The summed E-state index contributed by atoms with van der Waals surface area (Å²) >= 11 is 3.70. The maximum atomic E-state index is 12.6. The smallest absolute Gasteiger partial charge is 0.280 e. The highest BCUT2D eigenvalue weighted by atomic mass is 32.1. The molecule has 0 radical (unpaired) electrons. The predicted molar refractivity (Wildman–Crippen MR) is 90.3 cm³/mol. The summed E-state index contributed by atoms with van der Waals surface area (Å²) in [7, 11) is 0. The molecule has 0 atom stereocenters. The van der Waals surface area contributed by atoms with Gasteiger partial charge in [-0.05, 0) is 12.1 Å². The summed E-state index contributed by atoms with van der Waals surface area (Å²) in [6, 6.07) is 8.39. The van der Waals surface area contributed by atoms with Crippen LogP contribution in [0.25, 0.3) is 10.8 Å². The van der Waals surface area contributed by atoms with Crippen molar-refractivity contribution in [3.63, 3.8) is 0 Å². The number of anilines is 1. The van der Waals surface area contributed by atoms with Crippen LogP contribution in [0, 0.1) is 0 Å². The maximum absolute atomic E-state index is 12.6. The highest BCUT2D eigenvalue weighted by Gasteiger charge is 2.22. The minimum atomic E-state index is -0.495. The molecule has 1 heterocycles. The van der Waals surface area contributed by atoms with Crippen LogP contribution in [-0.4, -0.2) is 47.5 Å². The summed E-state index contributed by atoms with van der Waals surface area (Å²) < 4.78 is 5.24. The molecule has 23 heavy (non-hydrogen) atoms. The van der Waals surface area contributed by atoms with Gasteiger partial charge in [0.15, 0.2) is 0 Å². The number of fused-ring (bicyclic) bond motifs is 1. The second-order valence-corrected chi connectivity index (χ2v) is 5.60. The molecule has 1 fully saturated rings. The van der Waals surface area contributed by atoms with Gasteiger partial charge >= 0.3 is 0 Å². The normalized spacial score (nSPS) is 14.7. The first-order valence-corrected chi connectivity index (χ1v) is 7.64. The van der Waals surface area contributed by atoms with Crippen LogP contribution in [0.1, 0.15) is 10.4 Å². The van der Waals surface area contributed by atoms with Crippen molar-refractivity contribution in [2.24, 2.45) is 0 Å². The van der Waals surface area contributed by atoms with Crippen LogP contribution >= 0.6 is 12.6 Å². The van der Waals surface area contributed by atoms with Crippen LogP contribution in [0.15, 0.2) is 30.3 Å². The van der Waals surface area contributed by atoms with Crippen molar-refractivity contribution in [3.8, 4) is 5.75 Å². The summed E-state index contributed by atoms with van der Waals surface area (Å²) in [6.07, 6.45) is 0. The largest absolute Gasteiger partial charge is 0.506 e. The van der Waals surface area contributed by atoms with E-state index in [0.29, 0.717) is 42.8 Å². The zero-order chi connectivity index (χ0) is 16.4. The van der Waals surface area contributed by atoms with E-state index >= 15 is 0 Å². The van der Waals surface area contributed by atoms with E-state index in [1.165, 1.54) is 0 Å². The Labute approximate surface area is 138 Å². The summed E-state index contributed by atoms with van der Waals surface area (Å²) in [4.78, 5) is 25.4. The summed E-state index contributed by atoms with van der Waals surface area (Å²) in [5, 5.41) is 13.7. The molecule has 3 rings (SSSR count). The van der Waals surface area contributed by atoms with E-state index in [2.05, 4.69) is 17.9 Å². The van der Waals surface area contributed by atoms with Crippen LogP contribution < -0.4 is 5.32 Å². The van der Waals surface area contributed by atoms with Crippen LogP contribution in [0.5, 0.6) is 5.75 Å². The number of phenolic OH excluding ortho intramolecular Hbond substituents is 1. The van der Waals surface area contributed by atoms with Crippen molar-refractivity contribution in [1.29, 1.82) is 0 Å². The SMILES string of the molecule is O=C(S)Nc1cccc2c(O)c(C(=O)N3CCOCC3)ccc12. The number of carbonyl (C=O) groups is 2. The van der Waals surface area contributed by atoms with Gasteiger partial charge in [0.1, 0.15) is 5.75 Å². The fraction of sp³-hybridized carbons (Fsp3) is 0.250.